The minimum Gasteiger partial charge on any atom is -0.466 e. The molecule has 0 amide bonds. The normalized spacial score (nSPS) is 25.7. The molecule has 0 aromatic carbocycles. The summed E-state index contributed by atoms with van der Waals surface area (Å²) in [5.74, 6) is 2.12. The van der Waals surface area contributed by atoms with E-state index in [-0.39, 0.29) is 5.97 Å². The van der Waals surface area contributed by atoms with Crippen molar-refractivity contribution in [2.24, 2.45) is 17.8 Å². The van der Waals surface area contributed by atoms with Crippen LogP contribution in [0.25, 0.3) is 0 Å². The molecule has 1 fully saturated rings. The Labute approximate surface area is 120 Å². The molecule has 0 saturated heterocycles. The van der Waals surface area contributed by atoms with Crippen molar-refractivity contribution < 1.29 is 9.53 Å². The van der Waals surface area contributed by atoms with Crippen LogP contribution in [-0.2, 0) is 9.53 Å². The minimum atomic E-state index is -0.144. The summed E-state index contributed by atoms with van der Waals surface area (Å²) in [5, 5.41) is 1.01. The maximum Gasteiger partial charge on any atom is 0.302 e. The van der Waals surface area contributed by atoms with Crippen molar-refractivity contribution in [1.29, 1.82) is 0 Å². The third kappa shape index (κ3) is 5.73. The molecule has 0 bridgehead atoms. The van der Waals surface area contributed by atoms with Gasteiger partial charge < -0.3 is 4.74 Å². The summed E-state index contributed by atoms with van der Waals surface area (Å²) in [4.78, 5) is 10.9. The molecular weight excluding hydrogens is 292 g/mol. The van der Waals surface area contributed by atoms with Gasteiger partial charge in [-0.1, -0.05) is 48.5 Å². The van der Waals surface area contributed by atoms with Crippen LogP contribution in [0.15, 0.2) is 0 Å². The number of rotatable bonds is 7. The molecular formula is C15H27BrO2. The van der Waals surface area contributed by atoms with E-state index < -0.39 is 0 Å². The number of carbonyl (C=O) groups is 1. The molecule has 1 saturated carbocycles. The van der Waals surface area contributed by atoms with Gasteiger partial charge in [0.25, 0.3) is 0 Å². The maximum absolute atomic E-state index is 10.9. The van der Waals surface area contributed by atoms with Gasteiger partial charge in [0.2, 0.25) is 0 Å². The molecule has 3 heteroatoms. The fourth-order valence-electron chi connectivity index (χ4n) is 3.18. The first-order valence-corrected chi connectivity index (χ1v) is 8.48. The largest absolute Gasteiger partial charge is 0.466 e. The van der Waals surface area contributed by atoms with Crippen molar-refractivity contribution in [3.8, 4) is 0 Å². The second-order valence-electron chi connectivity index (χ2n) is 5.61. The van der Waals surface area contributed by atoms with E-state index >= 15 is 0 Å². The van der Waals surface area contributed by atoms with Crippen LogP contribution in [0.4, 0.5) is 0 Å². The second-order valence-corrected chi connectivity index (χ2v) is 6.40. The molecule has 0 radical (unpaired) electrons. The Bertz CT molecular complexity index is 235. The van der Waals surface area contributed by atoms with E-state index in [0.717, 1.165) is 23.6 Å². The Morgan fingerprint density at radius 1 is 1.33 bits per heavy atom. The highest BCUT2D eigenvalue weighted by Crippen LogP contribution is 2.36. The first kappa shape index (κ1) is 16.0. The molecule has 1 rings (SSSR count). The third-order valence-electron chi connectivity index (χ3n) is 4.24. The molecule has 0 heterocycles. The molecule has 0 spiro atoms. The second kappa shape index (κ2) is 8.95. The molecule has 1 aliphatic rings. The number of esters is 1. The lowest BCUT2D eigenvalue weighted by Crippen LogP contribution is -2.26. The van der Waals surface area contributed by atoms with Crippen LogP contribution < -0.4 is 0 Å². The van der Waals surface area contributed by atoms with Crippen LogP contribution in [0, 0.1) is 17.8 Å². The van der Waals surface area contributed by atoms with E-state index in [4.69, 9.17) is 4.74 Å². The first-order valence-electron chi connectivity index (χ1n) is 7.36. The van der Waals surface area contributed by atoms with Crippen LogP contribution in [0.5, 0.6) is 0 Å². The summed E-state index contributed by atoms with van der Waals surface area (Å²) in [7, 11) is 0. The van der Waals surface area contributed by atoms with Gasteiger partial charge in [-0.15, -0.1) is 0 Å². The fraction of sp³-hybridized carbons (Fsp3) is 0.933. The molecule has 1 unspecified atom stereocenters. The lowest BCUT2D eigenvalue weighted by molar-refractivity contribution is -0.143. The molecule has 0 aliphatic heterocycles. The standard InChI is InChI=1S/C15H27BrO2/c1-3-4-13-5-7-14(8-6-13)15(9-10-16)11-18-12(2)17/h13-15H,3-11H2,1-2H3. The van der Waals surface area contributed by atoms with E-state index in [1.165, 1.54) is 45.4 Å². The summed E-state index contributed by atoms with van der Waals surface area (Å²) in [6.07, 6.45) is 9.21. The van der Waals surface area contributed by atoms with Gasteiger partial charge in [-0.3, -0.25) is 4.79 Å². The SMILES string of the molecule is CCCC1CCC(C(CCBr)COC(C)=O)CC1. The molecule has 0 aromatic rings. The highest BCUT2D eigenvalue weighted by atomic mass is 79.9. The molecule has 1 atom stereocenters. The van der Waals surface area contributed by atoms with Crippen molar-refractivity contribution >= 4 is 21.9 Å². The number of hydrogen-bond donors (Lipinski definition) is 0. The Morgan fingerprint density at radius 2 is 2.00 bits per heavy atom. The van der Waals surface area contributed by atoms with Crippen molar-refractivity contribution in [1.82, 2.24) is 0 Å². The minimum absolute atomic E-state index is 0.144. The molecule has 0 aromatic heterocycles. The fourth-order valence-corrected chi connectivity index (χ4v) is 3.76. The van der Waals surface area contributed by atoms with Gasteiger partial charge in [0, 0.05) is 12.3 Å². The van der Waals surface area contributed by atoms with Gasteiger partial charge in [-0.2, -0.15) is 0 Å². The first-order chi connectivity index (χ1) is 8.67. The summed E-state index contributed by atoms with van der Waals surface area (Å²) < 4.78 is 5.22. The Kier molecular flexibility index (Phi) is 7.96. The average Bonchev–Trinajstić information content (AvgIpc) is 2.36. The van der Waals surface area contributed by atoms with E-state index in [9.17, 15) is 4.79 Å². The van der Waals surface area contributed by atoms with Crippen molar-refractivity contribution in [3.63, 3.8) is 0 Å². The Balaban J connectivity index is 2.37. The molecule has 0 N–H and O–H groups in total. The van der Waals surface area contributed by atoms with E-state index in [1.54, 1.807) is 0 Å². The smallest absolute Gasteiger partial charge is 0.302 e. The molecule has 18 heavy (non-hydrogen) atoms. The quantitative estimate of drug-likeness (QED) is 0.508. The lowest BCUT2D eigenvalue weighted by Gasteiger charge is -2.33. The summed E-state index contributed by atoms with van der Waals surface area (Å²) in [6.45, 7) is 4.40. The van der Waals surface area contributed by atoms with Crippen LogP contribution in [0.1, 0.15) is 58.8 Å². The van der Waals surface area contributed by atoms with E-state index in [0.29, 0.717) is 12.5 Å². The molecule has 2 nitrogen and oxygen atoms in total. The number of hydrogen-bond acceptors (Lipinski definition) is 2. The zero-order valence-electron chi connectivity index (χ0n) is 11.8. The number of alkyl halides is 1. The van der Waals surface area contributed by atoms with E-state index in [2.05, 4.69) is 22.9 Å². The summed E-state index contributed by atoms with van der Waals surface area (Å²) in [6, 6.07) is 0. The topological polar surface area (TPSA) is 26.3 Å². The van der Waals surface area contributed by atoms with Crippen molar-refractivity contribution in [3.05, 3.63) is 0 Å². The average molecular weight is 319 g/mol. The highest BCUT2D eigenvalue weighted by molar-refractivity contribution is 9.09. The van der Waals surface area contributed by atoms with Gasteiger partial charge in [0.15, 0.2) is 0 Å². The van der Waals surface area contributed by atoms with Crippen LogP contribution in [0.3, 0.4) is 0 Å². The van der Waals surface area contributed by atoms with Gasteiger partial charge in [-0.25, -0.2) is 0 Å². The summed E-state index contributed by atoms with van der Waals surface area (Å²) in [5.41, 5.74) is 0. The van der Waals surface area contributed by atoms with Gasteiger partial charge >= 0.3 is 5.97 Å². The monoisotopic (exact) mass is 318 g/mol. The van der Waals surface area contributed by atoms with Gasteiger partial charge in [-0.05, 0) is 37.0 Å². The van der Waals surface area contributed by atoms with Crippen LogP contribution in [0.2, 0.25) is 0 Å². The highest BCUT2D eigenvalue weighted by Gasteiger charge is 2.27. The Hall–Kier alpha value is -0.0500. The predicted octanol–water partition coefficient (Wildman–Crippen LogP) is 4.56. The van der Waals surface area contributed by atoms with Crippen molar-refractivity contribution in [2.45, 2.75) is 58.8 Å². The third-order valence-corrected chi connectivity index (χ3v) is 4.69. The Morgan fingerprint density at radius 3 is 2.50 bits per heavy atom. The zero-order valence-corrected chi connectivity index (χ0v) is 13.4. The molecule has 106 valence electrons. The van der Waals surface area contributed by atoms with Crippen LogP contribution in [-0.4, -0.2) is 17.9 Å². The number of ether oxygens (including phenoxy) is 1. The lowest BCUT2D eigenvalue weighted by atomic mass is 9.74. The van der Waals surface area contributed by atoms with Gasteiger partial charge in [0.1, 0.15) is 0 Å². The summed E-state index contributed by atoms with van der Waals surface area (Å²) >= 11 is 3.52. The number of halogens is 1. The van der Waals surface area contributed by atoms with Gasteiger partial charge in [0.05, 0.1) is 6.61 Å². The molecule has 1 aliphatic carbocycles. The van der Waals surface area contributed by atoms with Crippen LogP contribution >= 0.6 is 15.9 Å². The predicted molar refractivity (Wildman–Crippen MR) is 78.9 cm³/mol. The van der Waals surface area contributed by atoms with Crippen molar-refractivity contribution in [2.75, 3.05) is 11.9 Å². The zero-order chi connectivity index (χ0) is 13.4. The maximum atomic E-state index is 10.9. The number of carbonyl (C=O) groups excluding carboxylic acids is 1. The van der Waals surface area contributed by atoms with E-state index in [1.807, 2.05) is 0 Å².